The molecule has 1 aromatic carbocycles. The third-order valence-corrected chi connectivity index (χ3v) is 2.69. The monoisotopic (exact) mass is 292 g/mol. The molecule has 0 aromatic heterocycles. The molecule has 0 amide bonds. The summed E-state index contributed by atoms with van der Waals surface area (Å²) in [6.07, 6.45) is -2.18. The van der Waals surface area contributed by atoms with Crippen molar-refractivity contribution >= 4 is 22.3 Å². The van der Waals surface area contributed by atoms with Gasteiger partial charge in [-0.25, -0.2) is 4.99 Å². The van der Waals surface area contributed by atoms with Crippen molar-refractivity contribution in [3.8, 4) is 0 Å². The van der Waals surface area contributed by atoms with E-state index in [9.17, 15) is 13.2 Å². The highest BCUT2D eigenvalue weighted by Crippen LogP contribution is 2.37. The minimum Gasteiger partial charge on any atom is -0.471 e. The molecule has 0 N–H and O–H groups in total. The molecule has 1 aliphatic heterocycles. The van der Waals surface area contributed by atoms with Crippen LogP contribution in [0, 0.1) is 0 Å². The van der Waals surface area contributed by atoms with Crippen LogP contribution in [0.1, 0.15) is 17.2 Å². The lowest BCUT2D eigenvalue weighted by Crippen LogP contribution is -2.12. The first kappa shape index (κ1) is 11.4. The number of nitrogens with zero attached hydrogens (tertiary/aromatic N) is 1. The van der Waals surface area contributed by atoms with Gasteiger partial charge in [0.2, 0.25) is 0 Å². The first-order valence-electron chi connectivity index (χ1n) is 4.42. The second-order valence-corrected chi connectivity index (χ2v) is 4.19. The molecule has 6 heteroatoms. The maximum absolute atomic E-state index is 12.8. The van der Waals surface area contributed by atoms with Gasteiger partial charge in [-0.15, -0.1) is 0 Å². The molecule has 16 heavy (non-hydrogen) atoms. The number of halogens is 4. The van der Waals surface area contributed by atoms with Crippen LogP contribution in [0.4, 0.5) is 13.2 Å². The number of ether oxygens (including phenoxy) is 1. The van der Waals surface area contributed by atoms with Crippen LogP contribution in [0.15, 0.2) is 27.7 Å². The van der Waals surface area contributed by atoms with Crippen molar-refractivity contribution in [1.82, 2.24) is 0 Å². The molecule has 1 atom stereocenters. The van der Waals surface area contributed by atoms with E-state index in [1.807, 2.05) is 0 Å². The Bertz CT molecular complexity index is 431. The minimum atomic E-state index is -4.39. The van der Waals surface area contributed by atoms with E-state index in [0.29, 0.717) is 4.47 Å². The van der Waals surface area contributed by atoms with Gasteiger partial charge in [0.25, 0.3) is 6.40 Å². The van der Waals surface area contributed by atoms with E-state index >= 15 is 0 Å². The second-order valence-electron chi connectivity index (χ2n) is 3.28. The van der Waals surface area contributed by atoms with Crippen LogP contribution in [-0.4, -0.2) is 13.0 Å². The van der Waals surface area contributed by atoms with E-state index in [4.69, 9.17) is 4.74 Å². The third-order valence-electron chi connectivity index (χ3n) is 2.19. The summed E-state index contributed by atoms with van der Waals surface area (Å²) in [6, 6.07) is 3.38. The first-order chi connectivity index (χ1) is 7.48. The molecule has 0 saturated heterocycles. The van der Waals surface area contributed by atoms with Crippen LogP contribution in [0.25, 0.3) is 0 Å². The van der Waals surface area contributed by atoms with Crippen LogP contribution in [0.3, 0.4) is 0 Å². The van der Waals surface area contributed by atoms with Crippen molar-refractivity contribution in [1.29, 1.82) is 0 Å². The SMILES string of the molecule is FC(F)(F)c1cc(Br)ccc1C1CO[C]=N1. The number of benzene rings is 1. The molecule has 0 saturated carbocycles. The van der Waals surface area contributed by atoms with Crippen molar-refractivity contribution in [2.45, 2.75) is 12.2 Å². The normalized spacial score (nSPS) is 19.9. The molecular formula is C10H6BrF3NO. The summed E-state index contributed by atoms with van der Waals surface area (Å²) in [5.41, 5.74) is -0.580. The highest BCUT2D eigenvalue weighted by molar-refractivity contribution is 9.10. The highest BCUT2D eigenvalue weighted by atomic mass is 79.9. The van der Waals surface area contributed by atoms with E-state index in [1.54, 1.807) is 6.07 Å². The van der Waals surface area contributed by atoms with Crippen LogP contribution >= 0.6 is 15.9 Å². The van der Waals surface area contributed by atoms with E-state index in [-0.39, 0.29) is 12.2 Å². The topological polar surface area (TPSA) is 21.6 Å². The average Bonchev–Trinajstić information content (AvgIpc) is 2.69. The molecule has 85 valence electrons. The summed E-state index contributed by atoms with van der Waals surface area (Å²) in [4.78, 5) is 3.72. The Labute approximate surface area is 98.3 Å². The van der Waals surface area contributed by atoms with Gasteiger partial charge in [0.05, 0.1) is 5.56 Å². The molecule has 0 bridgehead atoms. The predicted molar refractivity (Wildman–Crippen MR) is 55.3 cm³/mol. The third kappa shape index (κ3) is 2.21. The van der Waals surface area contributed by atoms with Gasteiger partial charge >= 0.3 is 6.18 Å². The zero-order valence-corrected chi connectivity index (χ0v) is 9.47. The molecule has 1 aromatic rings. The molecule has 0 spiro atoms. The van der Waals surface area contributed by atoms with Gasteiger partial charge in [0.15, 0.2) is 0 Å². The van der Waals surface area contributed by atoms with Crippen molar-refractivity contribution in [2.24, 2.45) is 4.99 Å². The smallest absolute Gasteiger partial charge is 0.416 e. The Balaban J connectivity index is 2.47. The highest BCUT2D eigenvalue weighted by Gasteiger charge is 2.36. The number of aliphatic imine (C=N–C) groups is 1. The quantitative estimate of drug-likeness (QED) is 0.777. The van der Waals surface area contributed by atoms with Gasteiger partial charge in [-0.3, -0.25) is 0 Å². The van der Waals surface area contributed by atoms with E-state index in [2.05, 4.69) is 27.3 Å². The lowest BCUT2D eigenvalue weighted by Gasteiger charge is -2.15. The second kappa shape index (κ2) is 4.08. The molecule has 0 fully saturated rings. The standard InChI is InChI=1S/C10H6BrF3NO/c11-6-1-2-7(9-4-16-5-15-9)8(3-6)10(12,13)14/h1-3,9H,4H2. The van der Waals surface area contributed by atoms with Crippen LogP contribution in [-0.2, 0) is 10.9 Å². The van der Waals surface area contributed by atoms with Crippen LogP contribution < -0.4 is 0 Å². The van der Waals surface area contributed by atoms with Crippen LogP contribution in [0.2, 0.25) is 0 Å². The molecular weight excluding hydrogens is 287 g/mol. The van der Waals surface area contributed by atoms with Crippen molar-refractivity contribution in [3.63, 3.8) is 0 Å². The maximum Gasteiger partial charge on any atom is 0.416 e. The zero-order valence-electron chi connectivity index (χ0n) is 7.88. The summed E-state index contributed by atoms with van der Waals surface area (Å²) in [5, 5.41) is 0. The Morgan fingerprint density at radius 1 is 1.44 bits per heavy atom. The number of alkyl halides is 3. The molecule has 1 heterocycles. The van der Waals surface area contributed by atoms with E-state index < -0.39 is 17.8 Å². The van der Waals surface area contributed by atoms with Crippen molar-refractivity contribution in [2.75, 3.05) is 6.61 Å². The lowest BCUT2D eigenvalue weighted by atomic mass is 10.0. The zero-order chi connectivity index (χ0) is 11.8. The predicted octanol–water partition coefficient (Wildman–Crippen LogP) is 3.44. The summed E-state index contributed by atoms with van der Waals surface area (Å²) >= 11 is 3.02. The van der Waals surface area contributed by atoms with Crippen molar-refractivity contribution in [3.05, 3.63) is 33.8 Å². The van der Waals surface area contributed by atoms with E-state index in [0.717, 1.165) is 6.07 Å². The summed E-state index contributed by atoms with van der Waals surface area (Å²) in [6.45, 7) is 0.102. The number of hydrogen-bond acceptors (Lipinski definition) is 2. The minimum absolute atomic E-state index is 0.102. The van der Waals surface area contributed by atoms with Gasteiger partial charge in [-0.2, -0.15) is 13.2 Å². The fraction of sp³-hybridized carbons (Fsp3) is 0.300. The van der Waals surface area contributed by atoms with Gasteiger partial charge in [-0.1, -0.05) is 22.0 Å². The maximum atomic E-state index is 12.8. The Morgan fingerprint density at radius 2 is 2.19 bits per heavy atom. The molecule has 1 radical (unpaired) electrons. The van der Waals surface area contributed by atoms with Crippen LogP contribution in [0.5, 0.6) is 0 Å². The van der Waals surface area contributed by atoms with E-state index in [1.165, 1.54) is 6.07 Å². The molecule has 1 unspecified atom stereocenters. The average molecular weight is 293 g/mol. The summed E-state index contributed by atoms with van der Waals surface area (Å²) < 4.78 is 43.4. The molecule has 1 aliphatic rings. The fourth-order valence-corrected chi connectivity index (χ4v) is 1.84. The largest absolute Gasteiger partial charge is 0.471 e. The van der Waals surface area contributed by atoms with Gasteiger partial charge < -0.3 is 4.74 Å². The number of rotatable bonds is 1. The summed E-state index contributed by atoms with van der Waals surface area (Å²) in [7, 11) is 0. The fourth-order valence-electron chi connectivity index (χ4n) is 1.48. The molecule has 0 aliphatic carbocycles. The van der Waals surface area contributed by atoms with Gasteiger partial charge in [-0.05, 0) is 17.7 Å². The Kier molecular flexibility index (Phi) is 2.92. The molecule has 2 nitrogen and oxygen atoms in total. The van der Waals surface area contributed by atoms with Gasteiger partial charge in [0.1, 0.15) is 12.6 Å². The van der Waals surface area contributed by atoms with Gasteiger partial charge in [0, 0.05) is 4.47 Å². The lowest BCUT2D eigenvalue weighted by molar-refractivity contribution is -0.138. The Morgan fingerprint density at radius 3 is 2.75 bits per heavy atom. The first-order valence-corrected chi connectivity index (χ1v) is 5.21. The molecule has 2 rings (SSSR count). The van der Waals surface area contributed by atoms with Crippen molar-refractivity contribution < 1.29 is 17.9 Å². The Hall–Kier alpha value is -1.04. The summed E-state index contributed by atoms with van der Waals surface area (Å²) in [5.74, 6) is 0. The number of hydrogen-bond donors (Lipinski definition) is 0.